The van der Waals surface area contributed by atoms with E-state index in [4.69, 9.17) is 9.47 Å². The van der Waals surface area contributed by atoms with Gasteiger partial charge in [-0.3, -0.25) is 20.2 Å². The molecule has 0 radical (unpaired) electrons. The number of benzene rings is 2. The Morgan fingerprint density at radius 3 is 2.31 bits per heavy atom. The number of imide groups is 2. The lowest BCUT2D eigenvalue weighted by Crippen LogP contribution is -2.51. The molecule has 1 heterocycles. The van der Waals surface area contributed by atoms with Crippen molar-refractivity contribution in [3.05, 3.63) is 59.2 Å². The van der Waals surface area contributed by atoms with E-state index < -0.39 is 17.8 Å². The van der Waals surface area contributed by atoms with Crippen molar-refractivity contribution in [1.29, 1.82) is 0 Å². The van der Waals surface area contributed by atoms with E-state index in [0.717, 1.165) is 5.75 Å². The third-order valence-corrected chi connectivity index (χ3v) is 5.05. The van der Waals surface area contributed by atoms with Crippen LogP contribution in [-0.4, -0.2) is 37.3 Å². The SMILES string of the molecule is COc1cc(C=C2C(=O)NC(=O)NC2=O)ccc1OCCSc1ccc(C)cc1. The molecular weight excluding hydrogens is 392 g/mol. The standard InChI is InChI=1S/C21H20N2O5S/c1-13-3-6-15(7-4-13)29-10-9-28-17-8-5-14(12-18(17)27-2)11-16-19(24)22-21(26)23-20(16)25/h3-8,11-12H,9-10H2,1-2H3,(H2,22,23,24,25,26). The zero-order valence-corrected chi connectivity index (χ0v) is 16.8. The van der Waals surface area contributed by atoms with Gasteiger partial charge in [-0.25, -0.2) is 4.79 Å². The zero-order valence-electron chi connectivity index (χ0n) is 16.0. The zero-order chi connectivity index (χ0) is 20.8. The minimum Gasteiger partial charge on any atom is -0.493 e. The van der Waals surface area contributed by atoms with E-state index in [-0.39, 0.29) is 5.57 Å². The molecule has 2 aromatic carbocycles. The number of hydrogen-bond donors (Lipinski definition) is 2. The summed E-state index contributed by atoms with van der Waals surface area (Å²) in [7, 11) is 1.51. The Kier molecular flexibility index (Phi) is 6.56. The molecule has 1 aliphatic rings. The van der Waals surface area contributed by atoms with E-state index in [1.807, 2.05) is 10.6 Å². The fourth-order valence-electron chi connectivity index (χ4n) is 2.61. The van der Waals surface area contributed by atoms with Gasteiger partial charge in [0, 0.05) is 10.6 Å². The number of urea groups is 1. The maximum atomic E-state index is 11.8. The van der Waals surface area contributed by atoms with Gasteiger partial charge in [0.25, 0.3) is 11.8 Å². The molecule has 4 amide bonds. The van der Waals surface area contributed by atoms with Crippen LogP contribution < -0.4 is 20.1 Å². The molecule has 1 fully saturated rings. The highest BCUT2D eigenvalue weighted by molar-refractivity contribution is 7.99. The average Bonchev–Trinajstić information content (AvgIpc) is 2.70. The van der Waals surface area contributed by atoms with E-state index in [0.29, 0.717) is 23.7 Å². The van der Waals surface area contributed by atoms with Crippen LogP contribution in [-0.2, 0) is 9.59 Å². The second kappa shape index (κ2) is 9.29. The molecule has 0 spiro atoms. The Morgan fingerprint density at radius 2 is 1.66 bits per heavy atom. The molecule has 29 heavy (non-hydrogen) atoms. The predicted molar refractivity (Wildman–Crippen MR) is 110 cm³/mol. The normalized spacial score (nSPS) is 13.6. The summed E-state index contributed by atoms with van der Waals surface area (Å²) >= 11 is 1.70. The van der Waals surface area contributed by atoms with E-state index in [1.54, 1.807) is 30.0 Å². The molecule has 1 saturated heterocycles. The van der Waals surface area contributed by atoms with Gasteiger partial charge >= 0.3 is 6.03 Å². The second-order valence-corrected chi connectivity index (χ2v) is 7.38. The highest BCUT2D eigenvalue weighted by Crippen LogP contribution is 2.29. The monoisotopic (exact) mass is 412 g/mol. The van der Waals surface area contributed by atoms with Crippen LogP contribution in [0.2, 0.25) is 0 Å². The molecule has 2 N–H and O–H groups in total. The molecule has 1 aliphatic heterocycles. The van der Waals surface area contributed by atoms with Gasteiger partial charge in [-0.2, -0.15) is 0 Å². The molecule has 7 nitrogen and oxygen atoms in total. The lowest BCUT2D eigenvalue weighted by atomic mass is 10.1. The van der Waals surface area contributed by atoms with E-state index >= 15 is 0 Å². The van der Waals surface area contributed by atoms with Crippen molar-refractivity contribution in [3.8, 4) is 11.5 Å². The first-order valence-corrected chi connectivity index (χ1v) is 9.83. The lowest BCUT2D eigenvalue weighted by Gasteiger charge is -2.14. The smallest absolute Gasteiger partial charge is 0.328 e. The van der Waals surface area contributed by atoms with Crippen LogP contribution in [0.3, 0.4) is 0 Å². The summed E-state index contributed by atoms with van der Waals surface area (Å²) in [6.45, 7) is 2.54. The third-order valence-electron chi connectivity index (χ3n) is 4.07. The van der Waals surface area contributed by atoms with Crippen molar-refractivity contribution >= 4 is 35.7 Å². The van der Waals surface area contributed by atoms with Crippen molar-refractivity contribution in [2.24, 2.45) is 0 Å². The van der Waals surface area contributed by atoms with Crippen molar-refractivity contribution in [3.63, 3.8) is 0 Å². The molecule has 0 unspecified atom stereocenters. The van der Waals surface area contributed by atoms with Gasteiger partial charge in [0.1, 0.15) is 5.57 Å². The summed E-state index contributed by atoms with van der Waals surface area (Å²) < 4.78 is 11.2. The second-order valence-electron chi connectivity index (χ2n) is 6.22. The van der Waals surface area contributed by atoms with Crippen LogP contribution >= 0.6 is 11.8 Å². The first-order chi connectivity index (χ1) is 14.0. The topological polar surface area (TPSA) is 93.7 Å². The van der Waals surface area contributed by atoms with Crippen molar-refractivity contribution in [2.75, 3.05) is 19.5 Å². The first kappa shape index (κ1) is 20.5. The quantitative estimate of drug-likeness (QED) is 0.314. The number of aryl methyl sites for hydroxylation is 1. The Bertz CT molecular complexity index is 948. The molecule has 8 heteroatoms. The Morgan fingerprint density at radius 1 is 0.966 bits per heavy atom. The number of carbonyl (C=O) groups excluding carboxylic acids is 3. The number of methoxy groups -OCH3 is 1. The lowest BCUT2D eigenvalue weighted by molar-refractivity contribution is -0.123. The van der Waals surface area contributed by atoms with E-state index in [2.05, 4.69) is 31.2 Å². The summed E-state index contributed by atoms with van der Waals surface area (Å²) in [5.74, 6) is 0.323. The summed E-state index contributed by atoms with van der Waals surface area (Å²) in [5, 5.41) is 4.07. The van der Waals surface area contributed by atoms with Crippen LogP contribution in [0.1, 0.15) is 11.1 Å². The minimum atomic E-state index is -0.831. The van der Waals surface area contributed by atoms with Gasteiger partial charge in [0.05, 0.1) is 13.7 Å². The fraction of sp³-hybridized carbons (Fsp3) is 0.190. The van der Waals surface area contributed by atoms with Crippen molar-refractivity contribution in [2.45, 2.75) is 11.8 Å². The van der Waals surface area contributed by atoms with Crippen molar-refractivity contribution in [1.82, 2.24) is 10.6 Å². The van der Waals surface area contributed by atoms with Crippen LogP contribution in [0.15, 0.2) is 52.9 Å². The largest absolute Gasteiger partial charge is 0.493 e. The third kappa shape index (κ3) is 5.39. The maximum absolute atomic E-state index is 11.8. The Balaban J connectivity index is 1.63. The Hall–Kier alpha value is -3.26. The number of barbiturate groups is 1. The fourth-order valence-corrected chi connectivity index (χ4v) is 3.34. The predicted octanol–water partition coefficient (Wildman–Crippen LogP) is 2.92. The van der Waals surface area contributed by atoms with E-state index in [9.17, 15) is 14.4 Å². The van der Waals surface area contributed by atoms with Gasteiger partial charge < -0.3 is 9.47 Å². The van der Waals surface area contributed by atoms with Gasteiger partial charge in [-0.1, -0.05) is 23.8 Å². The first-order valence-electron chi connectivity index (χ1n) is 8.85. The number of nitrogens with one attached hydrogen (secondary N) is 2. The number of ether oxygens (including phenoxy) is 2. The average molecular weight is 412 g/mol. The molecule has 0 aromatic heterocycles. The molecule has 0 saturated carbocycles. The Labute approximate surface area is 172 Å². The van der Waals surface area contributed by atoms with E-state index in [1.165, 1.54) is 23.6 Å². The minimum absolute atomic E-state index is 0.158. The molecule has 0 aliphatic carbocycles. The number of hydrogen-bond acceptors (Lipinski definition) is 6. The van der Waals surface area contributed by atoms with Crippen LogP contribution in [0, 0.1) is 6.92 Å². The maximum Gasteiger partial charge on any atom is 0.328 e. The van der Waals surface area contributed by atoms with Gasteiger partial charge in [0.15, 0.2) is 11.5 Å². The summed E-state index contributed by atoms with van der Waals surface area (Å²) in [5.41, 5.74) is 1.63. The number of thioether (sulfide) groups is 1. The van der Waals surface area contributed by atoms with Gasteiger partial charge in [-0.15, -0.1) is 11.8 Å². The number of rotatable bonds is 7. The molecular formula is C21H20N2O5S. The molecule has 150 valence electrons. The molecule has 0 atom stereocenters. The summed E-state index contributed by atoms with van der Waals surface area (Å²) in [4.78, 5) is 36.0. The van der Waals surface area contributed by atoms with Gasteiger partial charge in [-0.05, 0) is 42.8 Å². The highest BCUT2D eigenvalue weighted by Gasteiger charge is 2.27. The van der Waals surface area contributed by atoms with Gasteiger partial charge in [0.2, 0.25) is 0 Å². The molecule has 2 aromatic rings. The van der Waals surface area contributed by atoms with Crippen LogP contribution in [0.4, 0.5) is 4.79 Å². The number of amides is 4. The van der Waals surface area contributed by atoms with Crippen LogP contribution in [0.25, 0.3) is 6.08 Å². The highest BCUT2D eigenvalue weighted by atomic mass is 32.2. The van der Waals surface area contributed by atoms with Crippen molar-refractivity contribution < 1.29 is 23.9 Å². The summed E-state index contributed by atoms with van der Waals surface area (Å²) in [6, 6.07) is 12.5. The van der Waals surface area contributed by atoms with Crippen LogP contribution in [0.5, 0.6) is 11.5 Å². The molecule has 3 rings (SSSR count). The molecule has 0 bridgehead atoms. The summed E-state index contributed by atoms with van der Waals surface area (Å²) in [6.07, 6.45) is 1.39. The number of carbonyl (C=O) groups is 3.